The topological polar surface area (TPSA) is 131 Å². The smallest absolute Gasteiger partial charge is 0.224 e. The van der Waals surface area contributed by atoms with Gasteiger partial charge in [0.1, 0.15) is 0 Å². The summed E-state index contributed by atoms with van der Waals surface area (Å²) in [7, 11) is 0. The van der Waals surface area contributed by atoms with Gasteiger partial charge < -0.3 is 22.0 Å². The number of oxime groups is 1. The molecule has 0 atom stereocenters. The standard InChI is InChI=1S/C12H16N4O3/c13-10(17)2-1-3-11(18)15-9-6-4-8(5-7-9)12(14)16-19/h4-7,19H,1-3H2,(H2,13,17)(H2,14,16)(H,15,18). The molecule has 0 unspecified atom stereocenters. The van der Waals surface area contributed by atoms with Crippen LogP contribution in [0.3, 0.4) is 0 Å². The lowest BCUT2D eigenvalue weighted by molar-refractivity contribution is -0.118. The summed E-state index contributed by atoms with van der Waals surface area (Å²) in [6, 6.07) is 6.51. The highest BCUT2D eigenvalue weighted by atomic mass is 16.4. The van der Waals surface area contributed by atoms with Crippen LogP contribution in [0, 0.1) is 0 Å². The molecule has 0 heterocycles. The molecule has 1 rings (SSSR count). The number of hydrogen-bond donors (Lipinski definition) is 4. The van der Waals surface area contributed by atoms with Crippen LogP contribution < -0.4 is 16.8 Å². The number of anilines is 1. The maximum atomic E-state index is 11.5. The van der Waals surface area contributed by atoms with Crippen molar-refractivity contribution >= 4 is 23.3 Å². The number of nitrogens with zero attached hydrogens (tertiary/aromatic N) is 1. The molecule has 2 amide bonds. The van der Waals surface area contributed by atoms with Crippen LogP contribution in [0.2, 0.25) is 0 Å². The van der Waals surface area contributed by atoms with E-state index in [1.165, 1.54) is 0 Å². The van der Waals surface area contributed by atoms with Crippen LogP contribution in [0.4, 0.5) is 5.69 Å². The zero-order chi connectivity index (χ0) is 14.3. The molecule has 1 aromatic rings. The summed E-state index contributed by atoms with van der Waals surface area (Å²) < 4.78 is 0. The number of amides is 2. The molecule has 0 spiro atoms. The second kappa shape index (κ2) is 7.00. The van der Waals surface area contributed by atoms with Gasteiger partial charge >= 0.3 is 0 Å². The van der Waals surface area contributed by atoms with Crippen LogP contribution in [0.15, 0.2) is 29.4 Å². The summed E-state index contributed by atoms with van der Waals surface area (Å²) in [6.07, 6.45) is 0.837. The number of carbonyl (C=O) groups is 2. The highest BCUT2D eigenvalue weighted by molar-refractivity contribution is 5.98. The van der Waals surface area contributed by atoms with Gasteiger partial charge in [-0.15, -0.1) is 0 Å². The van der Waals surface area contributed by atoms with Crippen LogP contribution in [-0.2, 0) is 9.59 Å². The minimum atomic E-state index is -0.420. The van der Waals surface area contributed by atoms with Crippen LogP contribution in [0.1, 0.15) is 24.8 Å². The van der Waals surface area contributed by atoms with Crippen LogP contribution in [0.25, 0.3) is 0 Å². The monoisotopic (exact) mass is 264 g/mol. The Kier molecular flexibility index (Phi) is 5.34. The first-order chi connectivity index (χ1) is 9.02. The van der Waals surface area contributed by atoms with E-state index in [4.69, 9.17) is 16.7 Å². The van der Waals surface area contributed by atoms with Gasteiger partial charge in [-0.25, -0.2) is 0 Å². The van der Waals surface area contributed by atoms with Gasteiger partial charge in [-0.05, 0) is 30.7 Å². The zero-order valence-corrected chi connectivity index (χ0v) is 10.3. The summed E-state index contributed by atoms with van der Waals surface area (Å²) in [5.74, 6) is -0.618. The zero-order valence-electron chi connectivity index (χ0n) is 10.3. The first kappa shape index (κ1) is 14.5. The second-order valence-electron chi connectivity index (χ2n) is 3.93. The largest absolute Gasteiger partial charge is 0.409 e. The highest BCUT2D eigenvalue weighted by Gasteiger charge is 2.04. The quantitative estimate of drug-likeness (QED) is 0.256. The van der Waals surface area contributed by atoms with Gasteiger partial charge in [-0.2, -0.15) is 0 Å². The Labute approximate surface area is 110 Å². The summed E-state index contributed by atoms with van der Waals surface area (Å²) in [4.78, 5) is 22.0. The van der Waals surface area contributed by atoms with Crippen molar-refractivity contribution in [2.45, 2.75) is 19.3 Å². The number of nitrogens with two attached hydrogens (primary N) is 2. The van der Waals surface area contributed by atoms with E-state index in [0.29, 0.717) is 17.7 Å². The van der Waals surface area contributed by atoms with Crippen molar-refractivity contribution in [1.82, 2.24) is 0 Å². The number of amidine groups is 1. The van der Waals surface area contributed by atoms with E-state index in [-0.39, 0.29) is 24.6 Å². The fraction of sp³-hybridized carbons (Fsp3) is 0.250. The molecule has 0 fully saturated rings. The Hall–Kier alpha value is -2.57. The molecule has 0 aliphatic rings. The minimum Gasteiger partial charge on any atom is -0.409 e. The molecule has 0 aliphatic carbocycles. The van der Waals surface area contributed by atoms with Gasteiger partial charge in [0.2, 0.25) is 11.8 Å². The fourth-order valence-electron chi connectivity index (χ4n) is 1.43. The molecule has 0 saturated heterocycles. The fourth-order valence-corrected chi connectivity index (χ4v) is 1.43. The molecule has 102 valence electrons. The minimum absolute atomic E-state index is 0.000616. The maximum absolute atomic E-state index is 11.5. The average Bonchev–Trinajstić information content (AvgIpc) is 2.38. The Morgan fingerprint density at radius 1 is 1.16 bits per heavy atom. The summed E-state index contributed by atoms with van der Waals surface area (Å²) >= 11 is 0. The molecule has 0 aromatic heterocycles. The van der Waals surface area contributed by atoms with Crippen molar-refractivity contribution < 1.29 is 14.8 Å². The molecule has 19 heavy (non-hydrogen) atoms. The molecule has 0 saturated carbocycles. The Morgan fingerprint density at radius 3 is 2.32 bits per heavy atom. The number of hydrogen-bond acceptors (Lipinski definition) is 4. The number of nitrogens with one attached hydrogen (secondary N) is 1. The van der Waals surface area contributed by atoms with E-state index in [1.807, 2.05) is 0 Å². The third-order valence-electron chi connectivity index (χ3n) is 2.40. The lowest BCUT2D eigenvalue weighted by atomic mass is 10.2. The van der Waals surface area contributed by atoms with Gasteiger partial charge in [0, 0.05) is 24.1 Å². The van der Waals surface area contributed by atoms with Gasteiger partial charge in [0.25, 0.3) is 0 Å². The Balaban J connectivity index is 2.49. The van der Waals surface area contributed by atoms with Crippen molar-refractivity contribution in [3.63, 3.8) is 0 Å². The predicted molar refractivity (Wildman–Crippen MR) is 70.6 cm³/mol. The van der Waals surface area contributed by atoms with Gasteiger partial charge in [-0.1, -0.05) is 5.16 Å². The number of primary amides is 1. The SMILES string of the molecule is NC(=O)CCCC(=O)Nc1ccc(C(N)=NO)cc1. The molecule has 7 heteroatoms. The van der Waals surface area contributed by atoms with Crippen molar-refractivity contribution in [2.24, 2.45) is 16.6 Å². The normalized spacial score (nSPS) is 11.1. The molecule has 0 bridgehead atoms. The van der Waals surface area contributed by atoms with Crippen molar-refractivity contribution in [3.05, 3.63) is 29.8 Å². The van der Waals surface area contributed by atoms with Crippen LogP contribution >= 0.6 is 0 Å². The van der Waals surface area contributed by atoms with Crippen LogP contribution in [-0.4, -0.2) is 22.9 Å². The molecular formula is C12H16N4O3. The van der Waals surface area contributed by atoms with E-state index >= 15 is 0 Å². The second-order valence-corrected chi connectivity index (χ2v) is 3.93. The summed E-state index contributed by atoms with van der Waals surface area (Å²) in [6.45, 7) is 0. The van der Waals surface area contributed by atoms with Crippen molar-refractivity contribution in [3.8, 4) is 0 Å². The Morgan fingerprint density at radius 2 is 1.79 bits per heavy atom. The lowest BCUT2D eigenvalue weighted by Gasteiger charge is -2.05. The van der Waals surface area contributed by atoms with E-state index in [1.54, 1.807) is 24.3 Å². The van der Waals surface area contributed by atoms with E-state index in [2.05, 4.69) is 10.5 Å². The number of rotatable bonds is 6. The third-order valence-corrected chi connectivity index (χ3v) is 2.40. The first-order valence-electron chi connectivity index (χ1n) is 5.69. The van der Waals surface area contributed by atoms with Gasteiger partial charge in [0.05, 0.1) is 0 Å². The van der Waals surface area contributed by atoms with E-state index in [0.717, 1.165) is 0 Å². The Bertz CT molecular complexity index is 482. The maximum Gasteiger partial charge on any atom is 0.224 e. The van der Waals surface area contributed by atoms with E-state index < -0.39 is 5.91 Å². The predicted octanol–water partition coefficient (Wildman–Crippen LogP) is 0.375. The van der Waals surface area contributed by atoms with E-state index in [9.17, 15) is 9.59 Å². The van der Waals surface area contributed by atoms with Gasteiger partial charge in [0.15, 0.2) is 5.84 Å². The summed E-state index contributed by atoms with van der Waals surface area (Å²) in [5, 5.41) is 14.0. The average molecular weight is 264 g/mol. The molecular weight excluding hydrogens is 248 g/mol. The van der Waals surface area contributed by atoms with Crippen molar-refractivity contribution in [2.75, 3.05) is 5.32 Å². The summed E-state index contributed by atoms with van der Waals surface area (Å²) in [5.41, 5.74) is 11.5. The number of benzene rings is 1. The highest BCUT2D eigenvalue weighted by Crippen LogP contribution is 2.10. The van der Waals surface area contributed by atoms with Crippen molar-refractivity contribution in [1.29, 1.82) is 0 Å². The van der Waals surface area contributed by atoms with Gasteiger partial charge in [-0.3, -0.25) is 9.59 Å². The lowest BCUT2D eigenvalue weighted by Crippen LogP contribution is -2.15. The molecule has 6 N–H and O–H groups in total. The third kappa shape index (κ3) is 5.07. The molecule has 0 radical (unpaired) electrons. The molecule has 0 aliphatic heterocycles. The van der Waals surface area contributed by atoms with Crippen LogP contribution in [0.5, 0.6) is 0 Å². The molecule has 1 aromatic carbocycles. The first-order valence-corrected chi connectivity index (χ1v) is 5.69. The number of carbonyl (C=O) groups excluding carboxylic acids is 2. The molecule has 7 nitrogen and oxygen atoms in total.